The Morgan fingerprint density at radius 3 is 2.43 bits per heavy atom. The third-order valence-electron chi connectivity index (χ3n) is 5.12. The molecule has 2 fully saturated rings. The van der Waals surface area contributed by atoms with Crippen LogP contribution in [0.25, 0.3) is 0 Å². The maximum absolute atomic E-state index is 12.7. The van der Waals surface area contributed by atoms with Crippen molar-refractivity contribution in [2.24, 2.45) is 17.8 Å². The number of anilines is 1. The van der Waals surface area contributed by atoms with Crippen LogP contribution in [0.1, 0.15) is 37.3 Å². The van der Waals surface area contributed by atoms with E-state index in [9.17, 15) is 9.59 Å². The summed E-state index contributed by atoms with van der Waals surface area (Å²) in [5.74, 6) is 0.334. The molecule has 0 N–H and O–H groups in total. The van der Waals surface area contributed by atoms with Gasteiger partial charge in [-0.1, -0.05) is 22.9 Å². The van der Waals surface area contributed by atoms with Gasteiger partial charge in [-0.15, -0.1) is 0 Å². The molecule has 0 radical (unpaired) electrons. The van der Waals surface area contributed by atoms with Crippen LogP contribution >= 0.6 is 15.9 Å². The van der Waals surface area contributed by atoms with Crippen LogP contribution in [0.15, 0.2) is 16.6 Å². The van der Waals surface area contributed by atoms with Crippen molar-refractivity contribution in [3.63, 3.8) is 0 Å². The van der Waals surface area contributed by atoms with E-state index in [1.807, 2.05) is 26.0 Å². The van der Waals surface area contributed by atoms with Crippen molar-refractivity contribution >= 4 is 33.4 Å². The van der Waals surface area contributed by atoms with E-state index in [1.54, 1.807) is 0 Å². The molecule has 1 saturated carbocycles. The van der Waals surface area contributed by atoms with Crippen molar-refractivity contribution in [1.82, 2.24) is 0 Å². The van der Waals surface area contributed by atoms with Crippen LogP contribution in [-0.4, -0.2) is 11.8 Å². The minimum atomic E-state index is -0.107. The topological polar surface area (TPSA) is 37.4 Å². The number of carbonyl (C=O) groups excluding carboxylic acids is 2. The Morgan fingerprint density at radius 1 is 1.05 bits per heavy atom. The Kier molecular flexibility index (Phi) is 3.68. The van der Waals surface area contributed by atoms with Crippen molar-refractivity contribution in [2.75, 3.05) is 4.90 Å². The number of nitrogens with zero attached hydrogens (tertiary/aromatic N) is 1. The molecule has 4 heteroatoms. The van der Waals surface area contributed by atoms with Crippen molar-refractivity contribution in [3.05, 3.63) is 27.7 Å². The molecule has 0 aromatic heterocycles. The van der Waals surface area contributed by atoms with Crippen molar-refractivity contribution < 1.29 is 9.59 Å². The predicted octanol–water partition coefficient (Wildman–Crippen LogP) is 3.99. The minimum Gasteiger partial charge on any atom is -0.274 e. The number of halogens is 1. The highest BCUT2D eigenvalue weighted by molar-refractivity contribution is 9.10. The first-order chi connectivity index (χ1) is 9.91. The lowest BCUT2D eigenvalue weighted by Gasteiger charge is -2.25. The number of fused-ring (bicyclic) bond motifs is 1. The van der Waals surface area contributed by atoms with Crippen LogP contribution < -0.4 is 4.90 Å². The van der Waals surface area contributed by atoms with Gasteiger partial charge in [-0.25, -0.2) is 4.90 Å². The monoisotopic (exact) mass is 349 g/mol. The summed E-state index contributed by atoms with van der Waals surface area (Å²) in [6.07, 6.45) is 2.74. The van der Waals surface area contributed by atoms with Crippen molar-refractivity contribution in [3.8, 4) is 0 Å². The highest BCUT2D eigenvalue weighted by atomic mass is 79.9. The third kappa shape index (κ3) is 2.24. The predicted molar refractivity (Wildman–Crippen MR) is 86.1 cm³/mol. The Hall–Kier alpha value is -1.16. The molecule has 21 heavy (non-hydrogen) atoms. The molecular formula is C17H20BrNO2. The maximum Gasteiger partial charge on any atom is 0.237 e. The Balaban J connectivity index is 2.02. The first kappa shape index (κ1) is 14.8. The van der Waals surface area contributed by atoms with Gasteiger partial charge >= 0.3 is 0 Å². The van der Waals surface area contributed by atoms with Crippen LogP contribution in [0.3, 0.4) is 0 Å². The van der Waals surface area contributed by atoms with Gasteiger partial charge in [0, 0.05) is 4.47 Å². The zero-order chi connectivity index (χ0) is 15.3. The zero-order valence-corrected chi connectivity index (χ0v) is 14.2. The zero-order valence-electron chi connectivity index (χ0n) is 12.6. The summed E-state index contributed by atoms with van der Waals surface area (Å²) < 4.78 is 1.01. The van der Waals surface area contributed by atoms with E-state index < -0.39 is 0 Å². The lowest BCUT2D eigenvalue weighted by molar-refractivity contribution is -0.122. The normalized spacial score (nSPS) is 29.0. The molecule has 0 spiro atoms. The molecule has 1 aliphatic heterocycles. The van der Waals surface area contributed by atoms with E-state index in [-0.39, 0.29) is 23.7 Å². The Morgan fingerprint density at radius 2 is 1.71 bits per heavy atom. The fraction of sp³-hybridized carbons (Fsp3) is 0.529. The fourth-order valence-corrected chi connectivity index (χ4v) is 4.07. The largest absolute Gasteiger partial charge is 0.274 e. The molecule has 1 aromatic carbocycles. The van der Waals surface area contributed by atoms with Gasteiger partial charge in [-0.3, -0.25) is 9.59 Å². The molecule has 2 amide bonds. The molecule has 3 nitrogen and oxygen atoms in total. The third-order valence-corrected chi connectivity index (χ3v) is 5.98. The van der Waals surface area contributed by atoms with Gasteiger partial charge in [0.1, 0.15) is 0 Å². The number of benzene rings is 1. The minimum absolute atomic E-state index is 0.00127. The molecule has 0 bridgehead atoms. The molecular weight excluding hydrogens is 330 g/mol. The van der Waals surface area contributed by atoms with E-state index in [0.717, 1.165) is 40.5 Å². The maximum atomic E-state index is 12.7. The molecule has 1 saturated heterocycles. The highest BCUT2D eigenvalue weighted by Crippen LogP contribution is 2.43. The molecule has 112 valence electrons. The van der Waals surface area contributed by atoms with E-state index >= 15 is 0 Å². The highest BCUT2D eigenvalue weighted by Gasteiger charge is 2.50. The smallest absolute Gasteiger partial charge is 0.237 e. The van der Waals surface area contributed by atoms with E-state index in [0.29, 0.717) is 5.92 Å². The standard InChI is InChI=1S/C17H20BrNO2/c1-9-4-5-12-13(8-9)17(21)19(16(12)20)15-7-6-14(18)10(2)11(15)3/h6-7,9,12-13H,4-5,8H2,1-3H3/t9-,12+,13-/m0/s1. The molecule has 0 unspecified atom stereocenters. The SMILES string of the molecule is Cc1c(Br)ccc(N2C(=O)[C@H]3C[C@@H](C)CC[C@H]3C2=O)c1C. The van der Waals surface area contributed by atoms with Gasteiger partial charge in [0.2, 0.25) is 11.8 Å². The molecule has 1 heterocycles. The fourth-order valence-electron chi connectivity index (χ4n) is 3.64. The summed E-state index contributed by atoms with van der Waals surface area (Å²) in [6, 6.07) is 3.80. The summed E-state index contributed by atoms with van der Waals surface area (Å²) >= 11 is 3.50. The lowest BCUT2D eigenvalue weighted by Crippen LogP contribution is -2.31. The van der Waals surface area contributed by atoms with Crippen LogP contribution in [0.5, 0.6) is 0 Å². The van der Waals surface area contributed by atoms with Crippen LogP contribution in [-0.2, 0) is 9.59 Å². The van der Waals surface area contributed by atoms with Crippen molar-refractivity contribution in [1.29, 1.82) is 0 Å². The second-order valence-corrected chi connectivity index (χ2v) is 7.31. The second kappa shape index (κ2) is 5.24. The molecule has 3 rings (SSSR count). The number of rotatable bonds is 1. The summed E-state index contributed by atoms with van der Waals surface area (Å²) in [5.41, 5.74) is 2.84. The number of hydrogen-bond acceptors (Lipinski definition) is 2. The van der Waals surface area contributed by atoms with E-state index in [4.69, 9.17) is 0 Å². The van der Waals surface area contributed by atoms with Crippen LogP contribution in [0, 0.1) is 31.6 Å². The number of carbonyl (C=O) groups is 2. The molecule has 1 aromatic rings. The van der Waals surface area contributed by atoms with Gasteiger partial charge in [0.05, 0.1) is 17.5 Å². The summed E-state index contributed by atoms with van der Waals surface area (Å²) in [6.45, 7) is 6.15. The van der Waals surface area contributed by atoms with Gasteiger partial charge in [-0.2, -0.15) is 0 Å². The van der Waals surface area contributed by atoms with Gasteiger partial charge in [0.25, 0.3) is 0 Å². The number of imide groups is 1. The van der Waals surface area contributed by atoms with Gasteiger partial charge < -0.3 is 0 Å². The summed E-state index contributed by atoms with van der Waals surface area (Å²) in [5, 5.41) is 0. The first-order valence-corrected chi connectivity index (χ1v) is 8.34. The lowest BCUT2D eigenvalue weighted by atomic mass is 9.76. The van der Waals surface area contributed by atoms with Crippen molar-refractivity contribution in [2.45, 2.75) is 40.0 Å². The molecule has 3 atom stereocenters. The number of hydrogen-bond donors (Lipinski definition) is 0. The Labute approximate surface area is 133 Å². The van der Waals surface area contributed by atoms with Crippen LogP contribution in [0.4, 0.5) is 5.69 Å². The van der Waals surface area contributed by atoms with Crippen LogP contribution in [0.2, 0.25) is 0 Å². The Bertz CT molecular complexity index is 625. The van der Waals surface area contributed by atoms with E-state index in [2.05, 4.69) is 22.9 Å². The first-order valence-electron chi connectivity index (χ1n) is 7.55. The average Bonchev–Trinajstić information content (AvgIpc) is 2.69. The molecule has 2 aliphatic rings. The number of amides is 2. The summed E-state index contributed by atoms with van der Waals surface area (Å²) in [4.78, 5) is 26.9. The van der Waals surface area contributed by atoms with E-state index in [1.165, 1.54) is 4.90 Å². The second-order valence-electron chi connectivity index (χ2n) is 6.46. The molecule has 1 aliphatic carbocycles. The van der Waals surface area contributed by atoms with Gasteiger partial charge in [-0.05, 0) is 62.3 Å². The van der Waals surface area contributed by atoms with Gasteiger partial charge in [0.15, 0.2) is 0 Å². The quantitative estimate of drug-likeness (QED) is 0.718. The summed E-state index contributed by atoms with van der Waals surface area (Å²) in [7, 11) is 0. The average molecular weight is 350 g/mol.